The molecule has 1 aliphatic rings. The molecule has 2 aromatic carbocycles. The molecule has 1 heterocycles. The van der Waals surface area contributed by atoms with E-state index in [4.69, 9.17) is 12.2 Å². The zero-order valence-electron chi connectivity index (χ0n) is 10.5. The van der Waals surface area contributed by atoms with Gasteiger partial charge in [0.2, 0.25) is 5.91 Å². The van der Waals surface area contributed by atoms with Gasteiger partial charge in [0.25, 0.3) is 10.0 Å². The van der Waals surface area contributed by atoms with Gasteiger partial charge in [-0.25, -0.2) is 12.7 Å². The van der Waals surface area contributed by atoms with Crippen molar-refractivity contribution in [3.63, 3.8) is 0 Å². The molecule has 0 aliphatic carbocycles. The smallest absolute Gasteiger partial charge is 0.267 e. The molecule has 0 unspecified atom stereocenters. The van der Waals surface area contributed by atoms with Gasteiger partial charge in [-0.2, -0.15) is 0 Å². The van der Waals surface area contributed by atoms with Crippen molar-refractivity contribution in [1.29, 1.82) is 0 Å². The molecule has 3 rings (SSSR count). The van der Waals surface area contributed by atoms with Gasteiger partial charge in [-0.05, 0) is 45.0 Å². The van der Waals surface area contributed by atoms with Gasteiger partial charge in [0.15, 0.2) is 5.11 Å². The number of carbonyl (C=O) groups excluding carboxylic acids is 1. The number of amides is 1. The highest BCUT2D eigenvalue weighted by atomic mass is 79.9. The van der Waals surface area contributed by atoms with Crippen molar-refractivity contribution in [3.05, 3.63) is 40.9 Å². The van der Waals surface area contributed by atoms with Crippen LogP contribution in [0.2, 0.25) is 0 Å². The summed E-state index contributed by atoms with van der Waals surface area (Å²) in [6, 6.07) is 10.6. The molecular formula is C13H9BrN2O3S2. The summed E-state index contributed by atoms with van der Waals surface area (Å²) >= 11 is 8.25. The molecular weight excluding hydrogens is 376 g/mol. The molecule has 1 amide bonds. The second-order valence-corrected chi connectivity index (χ2v) is 7.47. The summed E-state index contributed by atoms with van der Waals surface area (Å²) in [5, 5.41) is 3.92. The third-order valence-electron chi connectivity index (χ3n) is 3.16. The van der Waals surface area contributed by atoms with Crippen LogP contribution in [0.4, 0.5) is 0 Å². The molecule has 0 spiro atoms. The molecule has 108 valence electrons. The van der Waals surface area contributed by atoms with Gasteiger partial charge in [-0.15, -0.1) is 0 Å². The largest absolute Gasteiger partial charge is 0.301 e. The van der Waals surface area contributed by atoms with Crippen molar-refractivity contribution < 1.29 is 13.2 Å². The summed E-state index contributed by atoms with van der Waals surface area (Å²) in [4.78, 5) is 11.4. The van der Waals surface area contributed by atoms with Crippen molar-refractivity contribution in [3.8, 4) is 0 Å². The summed E-state index contributed by atoms with van der Waals surface area (Å²) in [7, 11) is -3.88. The number of nitrogens with one attached hydrogen (secondary N) is 1. The number of halogens is 1. The third-order valence-corrected chi connectivity index (χ3v) is 6.50. The number of benzene rings is 2. The van der Waals surface area contributed by atoms with E-state index in [0.717, 1.165) is 15.1 Å². The summed E-state index contributed by atoms with van der Waals surface area (Å²) in [5.41, 5.74) is 0. The minimum Gasteiger partial charge on any atom is -0.301 e. The number of carbonyl (C=O) groups is 1. The first-order valence-electron chi connectivity index (χ1n) is 5.95. The van der Waals surface area contributed by atoms with E-state index in [9.17, 15) is 13.2 Å². The monoisotopic (exact) mass is 384 g/mol. The fraction of sp³-hybridized carbons (Fsp3) is 0.0769. The highest BCUT2D eigenvalue weighted by Crippen LogP contribution is 2.32. The van der Waals surface area contributed by atoms with Crippen LogP contribution in [0.25, 0.3) is 10.8 Å². The van der Waals surface area contributed by atoms with Gasteiger partial charge in [0.05, 0.1) is 0 Å². The fourth-order valence-corrected chi connectivity index (χ4v) is 5.09. The summed E-state index contributed by atoms with van der Waals surface area (Å²) in [6.45, 7) is -0.291. The second kappa shape index (κ2) is 5.04. The number of rotatable bonds is 2. The maximum absolute atomic E-state index is 12.7. The van der Waals surface area contributed by atoms with E-state index in [2.05, 4.69) is 21.2 Å². The van der Waals surface area contributed by atoms with Crippen LogP contribution in [0.5, 0.6) is 0 Å². The lowest BCUT2D eigenvalue weighted by atomic mass is 10.1. The van der Waals surface area contributed by atoms with E-state index in [1.807, 2.05) is 24.3 Å². The first kappa shape index (κ1) is 14.4. The van der Waals surface area contributed by atoms with Crippen LogP contribution in [-0.4, -0.2) is 30.3 Å². The molecule has 0 radical (unpaired) electrons. The molecule has 2 aromatic rings. The minimum atomic E-state index is -3.88. The Morgan fingerprint density at radius 2 is 1.90 bits per heavy atom. The Morgan fingerprint density at radius 3 is 2.57 bits per heavy atom. The van der Waals surface area contributed by atoms with Crippen LogP contribution in [0.3, 0.4) is 0 Å². The maximum atomic E-state index is 12.7. The van der Waals surface area contributed by atoms with E-state index >= 15 is 0 Å². The van der Waals surface area contributed by atoms with Crippen molar-refractivity contribution in [2.24, 2.45) is 0 Å². The molecule has 0 atom stereocenters. The van der Waals surface area contributed by atoms with Gasteiger partial charge < -0.3 is 5.32 Å². The third kappa shape index (κ3) is 2.33. The fourth-order valence-electron chi connectivity index (χ4n) is 2.15. The molecule has 1 aliphatic heterocycles. The molecule has 1 N–H and O–H groups in total. The number of hydrogen-bond donors (Lipinski definition) is 1. The minimum absolute atomic E-state index is 0.0834. The summed E-state index contributed by atoms with van der Waals surface area (Å²) in [5.74, 6) is -0.430. The standard InChI is InChI=1S/C13H9BrN2O3S2/c14-12-9-4-2-1-3-8(9)5-6-10(12)21(18,19)16-7-11(17)15-13(16)20/h1-6H,7H2,(H,15,17,20). The first-order valence-corrected chi connectivity index (χ1v) is 8.59. The average Bonchev–Trinajstić information content (AvgIpc) is 2.79. The van der Waals surface area contributed by atoms with Gasteiger partial charge in [-0.3, -0.25) is 4.79 Å². The average molecular weight is 385 g/mol. The van der Waals surface area contributed by atoms with Gasteiger partial charge >= 0.3 is 0 Å². The molecule has 5 nitrogen and oxygen atoms in total. The zero-order valence-corrected chi connectivity index (χ0v) is 13.8. The Bertz CT molecular complexity index is 880. The number of fused-ring (bicyclic) bond motifs is 1. The van der Waals surface area contributed by atoms with Crippen LogP contribution < -0.4 is 5.32 Å². The number of thiocarbonyl (C=S) groups is 1. The highest BCUT2D eigenvalue weighted by Gasteiger charge is 2.35. The Morgan fingerprint density at radius 1 is 1.19 bits per heavy atom. The van der Waals surface area contributed by atoms with Crippen molar-refractivity contribution in [2.45, 2.75) is 4.90 Å². The lowest BCUT2D eigenvalue weighted by molar-refractivity contribution is -0.118. The molecule has 0 saturated carbocycles. The van der Waals surface area contributed by atoms with Gasteiger partial charge in [-0.1, -0.05) is 30.3 Å². The summed E-state index contributed by atoms with van der Waals surface area (Å²) in [6.07, 6.45) is 0. The van der Waals surface area contributed by atoms with E-state index in [1.165, 1.54) is 6.07 Å². The Balaban J connectivity index is 2.18. The van der Waals surface area contributed by atoms with Crippen LogP contribution in [0.1, 0.15) is 0 Å². The Hall–Kier alpha value is -1.51. The second-order valence-electron chi connectivity index (χ2n) is 4.46. The number of nitrogens with zero attached hydrogens (tertiary/aromatic N) is 1. The van der Waals surface area contributed by atoms with Gasteiger partial charge in [0.1, 0.15) is 11.4 Å². The van der Waals surface area contributed by atoms with Crippen molar-refractivity contribution >= 4 is 60.0 Å². The Labute approximate surface area is 135 Å². The number of sulfonamides is 1. The van der Waals surface area contributed by atoms with Crippen LogP contribution >= 0.6 is 28.1 Å². The topological polar surface area (TPSA) is 66.5 Å². The molecule has 8 heteroatoms. The van der Waals surface area contributed by atoms with Crippen LogP contribution in [-0.2, 0) is 14.8 Å². The van der Waals surface area contributed by atoms with Gasteiger partial charge in [0, 0.05) is 4.47 Å². The first-order chi connectivity index (χ1) is 9.91. The molecule has 21 heavy (non-hydrogen) atoms. The van der Waals surface area contributed by atoms with Crippen LogP contribution in [0.15, 0.2) is 45.8 Å². The predicted molar refractivity (Wildman–Crippen MR) is 86.3 cm³/mol. The molecule has 1 saturated heterocycles. The quantitative estimate of drug-likeness (QED) is 0.804. The lowest BCUT2D eigenvalue weighted by Crippen LogP contribution is -2.34. The van der Waals surface area contributed by atoms with E-state index in [0.29, 0.717) is 4.47 Å². The van der Waals surface area contributed by atoms with E-state index in [1.54, 1.807) is 6.07 Å². The van der Waals surface area contributed by atoms with Crippen molar-refractivity contribution in [2.75, 3.05) is 6.54 Å². The van der Waals surface area contributed by atoms with Crippen molar-refractivity contribution in [1.82, 2.24) is 9.62 Å². The predicted octanol–water partition coefficient (Wildman–Crippen LogP) is 2.01. The number of hydrogen-bond acceptors (Lipinski definition) is 4. The zero-order chi connectivity index (χ0) is 15.2. The lowest BCUT2D eigenvalue weighted by Gasteiger charge is -2.17. The highest BCUT2D eigenvalue weighted by molar-refractivity contribution is 9.10. The molecule has 0 aromatic heterocycles. The summed E-state index contributed by atoms with van der Waals surface area (Å²) < 4.78 is 26.7. The van der Waals surface area contributed by atoms with E-state index < -0.39 is 15.9 Å². The maximum Gasteiger partial charge on any atom is 0.267 e. The van der Waals surface area contributed by atoms with Crippen LogP contribution in [0, 0.1) is 0 Å². The molecule has 1 fully saturated rings. The SMILES string of the molecule is O=C1CN(S(=O)(=O)c2ccc3ccccc3c2Br)C(=S)N1. The normalized spacial score (nSPS) is 15.6. The van der Waals surface area contributed by atoms with E-state index in [-0.39, 0.29) is 16.6 Å². The molecule has 0 bridgehead atoms. The Kier molecular flexibility index (Phi) is 3.46.